The largest absolute Gasteiger partial charge is 0.444 e. The molecule has 0 aromatic heterocycles. The lowest BCUT2D eigenvalue weighted by Crippen LogP contribution is -2.45. The van der Waals surface area contributed by atoms with E-state index >= 15 is 0 Å². The number of amides is 1. The van der Waals surface area contributed by atoms with Crippen LogP contribution in [0.4, 0.5) is 4.79 Å². The van der Waals surface area contributed by atoms with E-state index in [0.717, 1.165) is 19.4 Å². The predicted octanol–water partition coefficient (Wildman–Crippen LogP) is 2.59. The second kappa shape index (κ2) is 6.05. The van der Waals surface area contributed by atoms with Gasteiger partial charge in [0.15, 0.2) is 0 Å². The molecule has 4 nitrogen and oxygen atoms in total. The Kier molecular flexibility index (Phi) is 5.00. The molecule has 1 atom stereocenters. The number of piperidine rings is 1. The van der Waals surface area contributed by atoms with Crippen LogP contribution < -0.4 is 0 Å². The van der Waals surface area contributed by atoms with Crippen LogP contribution in [0.15, 0.2) is 12.7 Å². The monoisotopic (exact) mass is 241 g/mol. The lowest BCUT2D eigenvalue weighted by atomic mass is 10.1. The van der Waals surface area contributed by atoms with Gasteiger partial charge in [0.25, 0.3) is 0 Å². The predicted molar refractivity (Wildman–Crippen MR) is 67.0 cm³/mol. The van der Waals surface area contributed by atoms with E-state index in [0.29, 0.717) is 13.2 Å². The average molecular weight is 241 g/mol. The minimum absolute atomic E-state index is 0.106. The Morgan fingerprint density at radius 2 is 2.24 bits per heavy atom. The smallest absolute Gasteiger partial charge is 0.410 e. The van der Waals surface area contributed by atoms with Crippen molar-refractivity contribution in [2.45, 2.75) is 45.3 Å². The summed E-state index contributed by atoms with van der Waals surface area (Å²) in [4.78, 5) is 13.6. The number of rotatable bonds is 3. The number of hydrogen-bond acceptors (Lipinski definition) is 3. The third-order valence-electron chi connectivity index (χ3n) is 2.48. The van der Waals surface area contributed by atoms with Crippen LogP contribution in [-0.2, 0) is 9.47 Å². The topological polar surface area (TPSA) is 38.8 Å². The number of ether oxygens (including phenoxy) is 2. The molecule has 0 aromatic carbocycles. The van der Waals surface area contributed by atoms with Gasteiger partial charge < -0.3 is 14.4 Å². The first-order valence-corrected chi connectivity index (χ1v) is 6.13. The van der Waals surface area contributed by atoms with Crippen LogP contribution >= 0.6 is 0 Å². The van der Waals surface area contributed by atoms with Gasteiger partial charge in [-0.2, -0.15) is 0 Å². The summed E-state index contributed by atoms with van der Waals surface area (Å²) >= 11 is 0. The van der Waals surface area contributed by atoms with Crippen molar-refractivity contribution in [1.29, 1.82) is 0 Å². The van der Waals surface area contributed by atoms with E-state index in [1.165, 1.54) is 0 Å². The second-order valence-corrected chi connectivity index (χ2v) is 5.31. The van der Waals surface area contributed by atoms with Crippen molar-refractivity contribution in [2.75, 3.05) is 19.7 Å². The summed E-state index contributed by atoms with van der Waals surface area (Å²) in [5, 5.41) is 0. The molecule has 0 N–H and O–H groups in total. The van der Waals surface area contributed by atoms with Crippen molar-refractivity contribution in [3.05, 3.63) is 12.7 Å². The van der Waals surface area contributed by atoms with Crippen LogP contribution in [0, 0.1) is 0 Å². The van der Waals surface area contributed by atoms with Crippen LogP contribution in [0.5, 0.6) is 0 Å². The molecule has 1 aliphatic heterocycles. The molecule has 1 unspecified atom stereocenters. The zero-order valence-electron chi connectivity index (χ0n) is 11.1. The molecule has 0 spiro atoms. The van der Waals surface area contributed by atoms with Crippen LogP contribution in [0.2, 0.25) is 0 Å². The van der Waals surface area contributed by atoms with Crippen molar-refractivity contribution >= 4 is 6.09 Å². The SMILES string of the molecule is C=CCOC1CCCN(C(=O)OC(C)(C)C)C1. The first kappa shape index (κ1) is 14.0. The fourth-order valence-electron chi connectivity index (χ4n) is 1.77. The van der Waals surface area contributed by atoms with E-state index in [2.05, 4.69) is 6.58 Å². The summed E-state index contributed by atoms with van der Waals surface area (Å²) in [5.74, 6) is 0. The summed E-state index contributed by atoms with van der Waals surface area (Å²) in [6, 6.07) is 0. The number of likely N-dealkylation sites (tertiary alicyclic amines) is 1. The maximum absolute atomic E-state index is 11.9. The molecule has 0 aromatic rings. The highest BCUT2D eigenvalue weighted by Crippen LogP contribution is 2.17. The van der Waals surface area contributed by atoms with Gasteiger partial charge in [-0.3, -0.25) is 0 Å². The number of hydrogen-bond donors (Lipinski definition) is 0. The fourth-order valence-corrected chi connectivity index (χ4v) is 1.77. The van der Waals surface area contributed by atoms with Gasteiger partial charge in [0.2, 0.25) is 0 Å². The Morgan fingerprint density at radius 1 is 1.53 bits per heavy atom. The molecule has 4 heteroatoms. The highest BCUT2D eigenvalue weighted by molar-refractivity contribution is 5.68. The van der Waals surface area contributed by atoms with Gasteiger partial charge in [-0.05, 0) is 33.6 Å². The molecular weight excluding hydrogens is 218 g/mol. The van der Waals surface area contributed by atoms with Crippen LogP contribution in [0.1, 0.15) is 33.6 Å². The molecule has 1 heterocycles. The number of carbonyl (C=O) groups is 1. The number of nitrogens with zero attached hydrogens (tertiary/aromatic N) is 1. The van der Waals surface area contributed by atoms with E-state index < -0.39 is 5.60 Å². The standard InChI is InChI=1S/C13H23NO3/c1-5-9-16-11-7-6-8-14(10-11)12(15)17-13(2,3)4/h5,11H,1,6-10H2,2-4H3. The minimum Gasteiger partial charge on any atom is -0.444 e. The zero-order valence-corrected chi connectivity index (χ0v) is 11.1. The Labute approximate surface area is 104 Å². The minimum atomic E-state index is -0.438. The molecule has 0 saturated carbocycles. The third kappa shape index (κ3) is 5.22. The van der Waals surface area contributed by atoms with Gasteiger partial charge in [0.1, 0.15) is 5.60 Å². The van der Waals surface area contributed by atoms with Gasteiger partial charge in [-0.15, -0.1) is 6.58 Å². The molecular formula is C13H23NO3. The molecule has 1 amide bonds. The second-order valence-electron chi connectivity index (χ2n) is 5.31. The summed E-state index contributed by atoms with van der Waals surface area (Å²) in [7, 11) is 0. The summed E-state index contributed by atoms with van der Waals surface area (Å²) in [5.41, 5.74) is -0.438. The van der Waals surface area contributed by atoms with E-state index in [4.69, 9.17) is 9.47 Å². The van der Waals surface area contributed by atoms with E-state index in [-0.39, 0.29) is 12.2 Å². The van der Waals surface area contributed by atoms with Crippen molar-refractivity contribution < 1.29 is 14.3 Å². The fraction of sp³-hybridized carbons (Fsp3) is 0.769. The lowest BCUT2D eigenvalue weighted by Gasteiger charge is -2.33. The van der Waals surface area contributed by atoms with E-state index in [1.807, 2.05) is 20.8 Å². The maximum atomic E-state index is 11.9. The van der Waals surface area contributed by atoms with Gasteiger partial charge in [-0.25, -0.2) is 4.79 Å². The first-order chi connectivity index (χ1) is 7.92. The average Bonchev–Trinajstić information content (AvgIpc) is 2.24. The van der Waals surface area contributed by atoms with Crippen molar-refractivity contribution in [1.82, 2.24) is 4.90 Å². The molecule has 17 heavy (non-hydrogen) atoms. The number of carbonyl (C=O) groups excluding carboxylic acids is 1. The summed E-state index contributed by atoms with van der Waals surface area (Å²) in [6.07, 6.45) is 3.54. The van der Waals surface area contributed by atoms with Crippen molar-refractivity contribution in [2.24, 2.45) is 0 Å². The molecule has 1 rings (SSSR count). The highest BCUT2D eigenvalue weighted by Gasteiger charge is 2.27. The molecule has 1 fully saturated rings. The lowest BCUT2D eigenvalue weighted by molar-refractivity contribution is -0.0134. The van der Waals surface area contributed by atoms with Crippen LogP contribution in [-0.4, -0.2) is 42.4 Å². The van der Waals surface area contributed by atoms with Gasteiger partial charge in [-0.1, -0.05) is 6.08 Å². The maximum Gasteiger partial charge on any atom is 0.410 e. The van der Waals surface area contributed by atoms with E-state index in [9.17, 15) is 4.79 Å². The third-order valence-corrected chi connectivity index (χ3v) is 2.48. The zero-order chi connectivity index (χ0) is 12.9. The van der Waals surface area contributed by atoms with Gasteiger partial charge in [0, 0.05) is 6.54 Å². The molecule has 98 valence electrons. The Morgan fingerprint density at radius 3 is 2.82 bits per heavy atom. The molecule has 1 aliphatic rings. The van der Waals surface area contributed by atoms with Gasteiger partial charge >= 0.3 is 6.09 Å². The normalized spacial score (nSPS) is 21.1. The molecule has 0 radical (unpaired) electrons. The summed E-state index contributed by atoms with van der Waals surface area (Å²) in [6.45, 7) is 11.1. The first-order valence-electron chi connectivity index (χ1n) is 6.13. The summed E-state index contributed by atoms with van der Waals surface area (Å²) < 4.78 is 10.9. The Bertz CT molecular complexity index is 270. The molecule has 1 saturated heterocycles. The van der Waals surface area contributed by atoms with Crippen LogP contribution in [0.3, 0.4) is 0 Å². The van der Waals surface area contributed by atoms with Crippen molar-refractivity contribution in [3.8, 4) is 0 Å². The van der Waals surface area contributed by atoms with E-state index in [1.54, 1.807) is 11.0 Å². The molecule has 0 bridgehead atoms. The Hall–Kier alpha value is -1.03. The van der Waals surface area contributed by atoms with Crippen molar-refractivity contribution in [3.63, 3.8) is 0 Å². The highest BCUT2D eigenvalue weighted by atomic mass is 16.6. The van der Waals surface area contributed by atoms with Gasteiger partial charge in [0.05, 0.1) is 19.3 Å². The van der Waals surface area contributed by atoms with Crippen LogP contribution in [0.25, 0.3) is 0 Å². The Balaban J connectivity index is 2.43. The molecule has 0 aliphatic carbocycles. The quantitative estimate of drug-likeness (QED) is 0.713.